The van der Waals surface area contributed by atoms with Gasteiger partial charge in [-0.1, -0.05) is 29.8 Å². The van der Waals surface area contributed by atoms with Crippen molar-refractivity contribution in [3.63, 3.8) is 0 Å². The molecule has 1 heterocycles. The molecule has 0 saturated carbocycles. The molecule has 8 nitrogen and oxygen atoms in total. The van der Waals surface area contributed by atoms with Crippen LogP contribution < -0.4 is 0 Å². The predicted octanol–water partition coefficient (Wildman–Crippen LogP) is 3.34. The van der Waals surface area contributed by atoms with E-state index in [2.05, 4.69) is 0 Å². The van der Waals surface area contributed by atoms with Crippen molar-refractivity contribution in [3.05, 3.63) is 74.8 Å². The molecule has 0 N–H and O–H groups in total. The lowest BCUT2D eigenvalue weighted by Gasteiger charge is -2.35. The summed E-state index contributed by atoms with van der Waals surface area (Å²) >= 11 is 5.86. The molecule has 28 heavy (non-hydrogen) atoms. The highest BCUT2D eigenvalue weighted by molar-refractivity contribution is 6.30. The van der Waals surface area contributed by atoms with Crippen LogP contribution >= 0.6 is 11.6 Å². The van der Waals surface area contributed by atoms with E-state index in [0.717, 1.165) is 10.0 Å². The largest absolute Gasteiger partial charge is 0.274 e. The number of carbonyl (C=O) groups is 3. The van der Waals surface area contributed by atoms with E-state index in [1.54, 1.807) is 6.07 Å². The molecule has 2 aromatic carbocycles. The van der Waals surface area contributed by atoms with E-state index in [1.165, 1.54) is 42.5 Å². The number of hydrazine groups is 1. The molecule has 0 unspecified atom stereocenters. The Labute approximate surface area is 165 Å². The number of hydrogen-bond acceptors (Lipinski definition) is 5. The van der Waals surface area contributed by atoms with E-state index in [1.807, 2.05) is 0 Å². The third-order valence-electron chi connectivity index (χ3n) is 4.33. The van der Waals surface area contributed by atoms with Gasteiger partial charge >= 0.3 is 0 Å². The van der Waals surface area contributed by atoms with Crippen molar-refractivity contribution >= 4 is 35.0 Å². The molecule has 1 aliphatic rings. The first-order chi connectivity index (χ1) is 13.4. The lowest BCUT2D eigenvalue weighted by Crippen LogP contribution is -2.54. The van der Waals surface area contributed by atoms with Gasteiger partial charge in [0.25, 0.3) is 11.6 Å². The van der Waals surface area contributed by atoms with Crippen molar-refractivity contribution < 1.29 is 19.3 Å². The molecule has 3 rings (SSSR count). The van der Waals surface area contributed by atoms with Gasteiger partial charge in [0.1, 0.15) is 0 Å². The van der Waals surface area contributed by atoms with Gasteiger partial charge in [-0.15, -0.1) is 0 Å². The van der Waals surface area contributed by atoms with E-state index in [9.17, 15) is 24.5 Å². The van der Waals surface area contributed by atoms with Crippen molar-refractivity contribution in [2.75, 3.05) is 0 Å². The second kappa shape index (κ2) is 8.18. The molecule has 9 heteroatoms. The van der Waals surface area contributed by atoms with Crippen LogP contribution in [0.1, 0.15) is 35.2 Å². The predicted molar refractivity (Wildman–Crippen MR) is 100 cm³/mol. The number of nitro groups is 1. The zero-order chi connectivity index (χ0) is 20.3. The fourth-order valence-corrected chi connectivity index (χ4v) is 3.10. The molecule has 1 fully saturated rings. The van der Waals surface area contributed by atoms with Gasteiger partial charge in [-0.05, 0) is 30.7 Å². The Bertz CT molecular complexity index is 929. The van der Waals surface area contributed by atoms with Crippen LogP contribution in [-0.4, -0.2) is 32.7 Å². The van der Waals surface area contributed by atoms with Crippen LogP contribution in [0.3, 0.4) is 0 Å². The zero-order valence-corrected chi connectivity index (χ0v) is 15.5. The Morgan fingerprint density at radius 3 is 2.29 bits per heavy atom. The third-order valence-corrected chi connectivity index (χ3v) is 4.58. The van der Waals surface area contributed by atoms with E-state index < -0.39 is 22.6 Å². The van der Waals surface area contributed by atoms with Gasteiger partial charge < -0.3 is 0 Å². The first-order valence-electron chi connectivity index (χ1n) is 8.54. The standard InChI is InChI=1S/C19H16ClN3O5/c20-15-10-8-13(9-11-15)19(26)21(22-17(24)6-3-7-18(22)25)12-14-4-1-2-5-16(14)23(27)28/h1-2,4-5,8-11H,3,6-7,12H2. The van der Waals surface area contributed by atoms with Crippen LogP contribution in [-0.2, 0) is 16.1 Å². The van der Waals surface area contributed by atoms with Crippen LogP contribution in [0.2, 0.25) is 5.02 Å². The molecule has 2 aromatic rings. The fourth-order valence-electron chi connectivity index (χ4n) is 2.97. The van der Waals surface area contributed by atoms with Gasteiger partial charge in [-0.2, -0.15) is 5.01 Å². The van der Waals surface area contributed by atoms with Crippen molar-refractivity contribution in [1.29, 1.82) is 0 Å². The smallest absolute Gasteiger partial charge is 0.273 e. The van der Waals surface area contributed by atoms with Gasteiger partial charge in [-0.3, -0.25) is 24.5 Å². The zero-order valence-electron chi connectivity index (χ0n) is 14.7. The highest BCUT2D eigenvalue weighted by atomic mass is 35.5. The number of rotatable bonds is 5. The monoisotopic (exact) mass is 401 g/mol. The lowest BCUT2D eigenvalue weighted by atomic mass is 10.1. The number of imide groups is 1. The minimum atomic E-state index is -0.626. The fraction of sp³-hybridized carbons (Fsp3) is 0.211. The van der Waals surface area contributed by atoms with Crippen LogP contribution in [0.5, 0.6) is 0 Å². The highest BCUT2D eigenvalue weighted by Crippen LogP contribution is 2.24. The molecule has 0 radical (unpaired) electrons. The molecular weight excluding hydrogens is 386 g/mol. The molecule has 0 aliphatic carbocycles. The Balaban J connectivity index is 2.03. The Morgan fingerprint density at radius 2 is 1.68 bits per heavy atom. The van der Waals surface area contributed by atoms with Gasteiger partial charge in [0, 0.05) is 29.5 Å². The van der Waals surface area contributed by atoms with Gasteiger partial charge in [0.15, 0.2) is 0 Å². The lowest BCUT2D eigenvalue weighted by molar-refractivity contribution is -0.385. The number of hydrogen-bond donors (Lipinski definition) is 0. The third kappa shape index (κ3) is 4.01. The highest BCUT2D eigenvalue weighted by Gasteiger charge is 2.35. The number of nitrogens with zero attached hydrogens (tertiary/aromatic N) is 3. The molecular formula is C19H16ClN3O5. The molecule has 0 bridgehead atoms. The quantitative estimate of drug-likeness (QED) is 0.434. The minimum Gasteiger partial charge on any atom is -0.273 e. The molecule has 0 spiro atoms. The summed E-state index contributed by atoms with van der Waals surface area (Å²) in [4.78, 5) is 48.7. The van der Waals surface area contributed by atoms with Crippen LogP contribution in [0.4, 0.5) is 5.69 Å². The number of amides is 3. The van der Waals surface area contributed by atoms with Crippen LogP contribution in [0.25, 0.3) is 0 Å². The molecule has 3 amide bonds. The van der Waals surface area contributed by atoms with E-state index >= 15 is 0 Å². The van der Waals surface area contributed by atoms with Crippen LogP contribution in [0, 0.1) is 10.1 Å². The average molecular weight is 402 g/mol. The topological polar surface area (TPSA) is 101 Å². The number of piperidine rings is 1. The summed E-state index contributed by atoms with van der Waals surface area (Å²) in [5, 5.41) is 13.5. The second-order valence-corrected chi connectivity index (χ2v) is 6.64. The molecule has 144 valence electrons. The number of nitro benzene ring substituents is 1. The molecule has 0 atom stereocenters. The minimum absolute atomic E-state index is 0.118. The number of benzene rings is 2. The number of halogens is 1. The Morgan fingerprint density at radius 1 is 1.07 bits per heavy atom. The summed E-state index contributed by atoms with van der Waals surface area (Å²) in [6.07, 6.45) is 0.642. The summed E-state index contributed by atoms with van der Waals surface area (Å²) < 4.78 is 0. The van der Waals surface area contributed by atoms with Crippen molar-refractivity contribution in [1.82, 2.24) is 10.0 Å². The summed E-state index contributed by atoms with van der Waals surface area (Å²) in [6, 6.07) is 11.8. The number of para-hydroxylation sites is 1. The maximum absolute atomic E-state index is 13.1. The van der Waals surface area contributed by atoms with Gasteiger partial charge in [-0.25, -0.2) is 5.01 Å². The van der Waals surface area contributed by atoms with E-state index in [4.69, 9.17) is 11.6 Å². The average Bonchev–Trinajstić information content (AvgIpc) is 2.67. The maximum Gasteiger partial charge on any atom is 0.274 e. The normalized spacial score (nSPS) is 14.1. The number of carbonyl (C=O) groups excluding carboxylic acids is 3. The SMILES string of the molecule is O=C(c1ccc(Cl)cc1)N(Cc1ccccc1[N+](=O)[O-])N1C(=O)CCCC1=O. The van der Waals surface area contributed by atoms with Crippen molar-refractivity contribution in [2.24, 2.45) is 0 Å². The maximum atomic E-state index is 13.1. The van der Waals surface area contributed by atoms with E-state index in [0.29, 0.717) is 11.4 Å². The van der Waals surface area contributed by atoms with Gasteiger partial charge in [0.05, 0.1) is 17.0 Å². The molecule has 1 aliphatic heterocycles. The summed E-state index contributed by atoms with van der Waals surface area (Å²) in [5.74, 6) is -1.66. The summed E-state index contributed by atoms with van der Waals surface area (Å²) in [7, 11) is 0. The molecule has 0 aromatic heterocycles. The molecule has 1 saturated heterocycles. The van der Waals surface area contributed by atoms with Crippen LogP contribution in [0.15, 0.2) is 48.5 Å². The Kier molecular flexibility index (Phi) is 5.70. The Hall–Kier alpha value is -3.26. The van der Waals surface area contributed by atoms with Crippen molar-refractivity contribution in [3.8, 4) is 0 Å². The first kappa shape index (κ1) is 19.5. The van der Waals surface area contributed by atoms with Crippen molar-refractivity contribution in [2.45, 2.75) is 25.8 Å². The summed E-state index contributed by atoms with van der Waals surface area (Å²) in [5.41, 5.74) is 0.212. The second-order valence-electron chi connectivity index (χ2n) is 6.21. The first-order valence-corrected chi connectivity index (χ1v) is 8.91. The van der Waals surface area contributed by atoms with E-state index in [-0.39, 0.29) is 36.2 Å². The summed E-state index contributed by atoms with van der Waals surface area (Å²) in [6.45, 7) is -0.296. The van der Waals surface area contributed by atoms with Gasteiger partial charge in [0.2, 0.25) is 11.8 Å².